The summed E-state index contributed by atoms with van der Waals surface area (Å²) in [5.74, 6) is -0.505. The summed E-state index contributed by atoms with van der Waals surface area (Å²) >= 11 is 11.0. The zero-order valence-electron chi connectivity index (χ0n) is 7.56. The number of hydrogen-bond donors (Lipinski definition) is 0. The van der Waals surface area contributed by atoms with E-state index in [-0.39, 0.29) is 0 Å². The number of nitrogens with zero attached hydrogens (tertiary/aromatic N) is 1. The minimum Gasteiger partial charge on any atom is -0.380 e. The number of anilines is 1. The van der Waals surface area contributed by atoms with Gasteiger partial charge < -0.3 is 4.84 Å². The molecule has 5 heteroatoms. The summed E-state index contributed by atoms with van der Waals surface area (Å²) in [6.45, 7) is 0. The van der Waals surface area contributed by atoms with Crippen LogP contribution in [0.1, 0.15) is 5.56 Å². The van der Waals surface area contributed by atoms with E-state index in [0.717, 1.165) is 10.6 Å². The average molecular weight is 244 g/mol. The van der Waals surface area contributed by atoms with Crippen LogP contribution in [0.4, 0.5) is 5.69 Å². The van der Waals surface area contributed by atoms with Crippen molar-refractivity contribution >= 4 is 40.9 Å². The summed E-state index contributed by atoms with van der Waals surface area (Å²) in [5, 5.41) is 1.08. The van der Waals surface area contributed by atoms with Gasteiger partial charge in [0.1, 0.15) is 6.26 Å². The second kappa shape index (κ2) is 4.13. The topological polar surface area (TPSA) is 29.5 Å². The highest BCUT2D eigenvalue weighted by atomic mass is 35.5. The maximum absolute atomic E-state index is 11.6. The van der Waals surface area contributed by atoms with E-state index in [0.29, 0.717) is 5.69 Å². The van der Waals surface area contributed by atoms with Crippen molar-refractivity contribution in [2.24, 2.45) is 0 Å². The molecule has 0 N–H and O–H groups in total. The molecule has 0 saturated heterocycles. The quantitative estimate of drug-likeness (QED) is 0.711. The predicted octanol–water partition coefficient (Wildman–Crippen LogP) is 2.74. The van der Waals surface area contributed by atoms with Crippen LogP contribution in [0.2, 0.25) is 0 Å². The van der Waals surface area contributed by atoms with Crippen LogP contribution in [0.3, 0.4) is 0 Å². The molecular formula is C10H7Cl2NO2. The van der Waals surface area contributed by atoms with Crippen LogP contribution in [-0.4, -0.2) is 10.7 Å². The van der Waals surface area contributed by atoms with Crippen molar-refractivity contribution in [3.05, 3.63) is 36.1 Å². The van der Waals surface area contributed by atoms with E-state index < -0.39 is 10.7 Å². The van der Waals surface area contributed by atoms with E-state index in [9.17, 15) is 4.79 Å². The minimum absolute atomic E-state index is 0.505. The number of fused-ring (bicyclic) bond motifs is 1. The second-order valence-corrected chi connectivity index (χ2v) is 4.00. The lowest BCUT2D eigenvalue weighted by Gasteiger charge is -2.25. The number of halogens is 2. The molecule has 15 heavy (non-hydrogen) atoms. The highest BCUT2D eigenvalue weighted by Gasteiger charge is 2.26. The summed E-state index contributed by atoms with van der Waals surface area (Å²) in [5.41, 5.74) is 1.52. The van der Waals surface area contributed by atoms with Crippen molar-refractivity contribution in [3.63, 3.8) is 0 Å². The van der Waals surface area contributed by atoms with Crippen LogP contribution >= 0.6 is 23.2 Å². The molecule has 0 atom stereocenters. The van der Waals surface area contributed by atoms with E-state index >= 15 is 0 Å². The highest BCUT2D eigenvalue weighted by molar-refractivity contribution is 6.54. The first kappa shape index (κ1) is 10.3. The zero-order valence-corrected chi connectivity index (χ0v) is 9.07. The van der Waals surface area contributed by atoms with Crippen molar-refractivity contribution in [2.45, 2.75) is 4.84 Å². The van der Waals surface area contributed by atoms with Crippen LogP contribution < -0.4 is 5.06 Å². The molecule has 0 unspecified atom stereocenters. The van der Waals surface area contributed by atoms with Gasteiger partial charge in [0.05, 0.1) is 5.69 Å². The van der Waals surface area contributed by atoms with Gasteiger partial charge in [0.15, 0.2) is 4.84 Å². The van der Waals surface area contributed by atoms with Gasteiger partial charge in [0, 0.05) is 5.56 Å². The molecule has 0 spiro atoms. The third-order valence-corrected chi connectivity index (χ3v) is 2.33. The second-order valence-electron chi connectivity index (χ2n) is 2.90. The van der Waals surface area contributed by atoms with Crippen LogP contribution in [0.25, 0.3) is 6.08 Å². The first-order valence-corrected chi connectivity index (χ1v) is 5.12. The Hall–Kier alpha value is -1.19. The van der Waals surface area contributed by atoms with Crippen molar-refractivity contribution in [1.29, 1.82) is 0 Å². The molecular weight excluding hydrogens is 237 g/mol. The summed E-state index contributed by atoms with van der Waals surface area (Å²) in [4.78, 5) is 15.5. The fraction of sp³-hybridized carbons (Fsp3) is 0.100. The number of benzene rings is 1. The van der Waals surface area contributed by atoms with E-state index in [1.165, 1.54) is 6.26 Å². The Morgan fingerprint density at radius 2 is 2.07 bits per heavy atom. The van der Waals surface area contributed by atoms with Crippen LogP contribution in [-0.2, 0) is 9.63 Å². The lowest BCUT2D eigenvalue weighted by atomic mass is 10.1. The Bertz CT molecular complexity index is 418. The summed E-state index contributed by atoms with van der Waals surface area (Å²) < 4.78 is 0. The molecule has 1 heterocycles. The third-order valence-electron chi connectivity index (χ3n) is 1.96. The standard InChI is InChI=1S/C10H7Cl2NO2/c11-9(12)10(14)13-8-4-2-1-3-7(8)5-6-15-13/h1-6,9H. The molecule has 0 fully saturated rings. The number of para-hydroxylation sites is 1. The molecule has 1 aromatic carbocycles. The summed E-state index contributed by atoms with van der Waals surface area (Å²) in [6, 6.07) is 7.30. The summed E-state index contributed by atoms with van der Waals surface area (Å²) in [7, 11) is 0. The number of alkyl halides is 2. The van der Waals surface area contributed by atoms with Crippen molar-refractivity contribution < 1.29 is 9.63 Å². The van der Waals surface area contributed by atoms with Gasteiger partial charge in [-0.15, -0.1) is 5.06 Å². The highest BCUT2D eigenvalue weighted by Crippen LogP contribution is 2.27. The van der Waals surface area contributed by atoms with Crippen molar-refractivity contribution in [2.75, 3.05) is 5.06 Å². The minimum atomic E-state index is -1.13. The van der Waals surface area contributed by atoms with E-state index in [1.807, 2.05) is 12.1 Å². The molecule has 0 aromatic heterocycles. The van der Waals surface area contributed by atoms with Crippen molar-refractivity contribution in [3.8, 4) is 0 Å². The monoisotopic (exact) mass is 243 g/mol. The smallest absolute Gasteiger partial charge is 0.293 e. The average Bonchev–Trinajstić information content (AvgIpc) is 2.27. The molecule has 1 amide bonds. The zero-order chi connectivity index (χ0) is 10.8. The first-order chi connectivity index (χ1) is 7.20. The Labute approximate surface area is 96.8 Å². The molecule has 3 nitrogen and oxygen atoms in total. The number of amides is 1. The number of hydrogen-bond acceptors (Lipinski definition) is 2. The van der Waals surface area contributed by atoms with Gasteiger partial charge in [0.2, 0.25) is 0 Å². The third kappa shape index (κ3) is 1.94. The van der Waals surface area contributed by atoms with Crippen LogP contribution in [0.15, 0.2) is 30.5 Å². The Kier molecular flexibility index (Phi) is 2.84. The predicted molar refractivity (Wildman–Crippen MR) is 59.5 cm³/mol. The maximum atomic E-state index is 11.6. The number of hydroxylamine groups is 1. The molecule has 1 aliphatic heterocycles. The molecule has 0 bridgehead atoms. The van der Waals surface area contributed by atoms with Crippen LogP contribution in [0.5, 0.6) is 0 Å². The van der Waals surface area contributed by atoms with Gasteiger partial charge in [-0.2, -0.15) is 0 Å². The van der Waals surface area contributed by atoms with Gasteiger partial charge in [-0.25, -0.2) is 0 Å². The molecule has 0 saturated carbocycles. The van der Waals surface area contributed by atoms with E-state index in [2.05, 4.69) is 0 Å². The van der Waals surface area contributed by atoms with E-state index in [4.69, 9.17) is 28.0 Å². The van der Waals surface area contributed by atoms with Gasteiger partial charge in [0.25, 0.3) is 5.91 Å². The normalized spacial score (nSPS) is 13.7. The molecule has 0 aliphatic carbocycles. The fourth-order valence-electron chi connectivity index (χ4n) is 1.29. The van der Waals surface area contributed by atoms with Gasteiger partial charge >= 0.3 is 0 Å². The van der Waals surface area contributed by atoms with Crippen molar-refractivity contribution in [1.82, 2.24) is 0 Å². The van der Waals surface area contributed by atoms with Crippen LogP contribution in [0, 0.1) is 0 Å². The lowest BCUT2D eigenvalue weighted by molar-refractivity contribution is -0.122. The Balaban J connectivity index is 2.38. The van der Waals surface area contributed by atoms with E-state index in [1.54, 1.807) is 18.2 Å². The molecule has 1 aromatic rings. The summed E-state index contributed by atoms with van der Waals surface area (Å²) in [6.07, 6.45) is 3.17. The number of carbonyl (C=O) groups excluding carboxylic acids is 1. The van der Waals surface area contributed by atoms with Gasteiger partial charge in [-0.05, 0) is 12.1 Å². The number of rotatable bonds is 1. The Morgan fingerprint density at radius 1 is 1.33 bits per heavy atom. The molecule has 2 rings (SSSR count). The largest absolute Gasteiger partial charge is 0.380 e. The molecule has 1 aliphatic rings. The Morgan fingerprint density at radius 3 is 2.80 bits per heavy atom. The lowest BCUT2D eigenvalue weighted by Crippen LogP contribution is -2.35. The molecule has 78 valence electrons. The number of carbonyl (C=O) groups is 1. The van der Waals surface area contributed by atoms with Gasteiger partial charge in [-0.3, -0.25) is 4.79 Å². The SMILES string of the molecule is O=C(C(Cl)Cl)N1OC=Cc2ccccc21. The molecule has 0 radical (unpaired) electrons. The van der Waals surface area contributed by atoms with Gasteiger partial charge in [-0.1, -0.05) is 41.4 Å². The fourth-order valence-corrected chi connectivity index (χ4v) is 1.47. The maximum Gasteiger partial charge on any atom is 0.293 e. The first-order valence-electron chi connectivity index (χ1n) is 4.24.